The molecule has 236 valence electrons. The van der Waals surface area contributed by atoms with Crippen molar-refractivity contribution in [1.29, 1.82) is 0 Å². The number of hydrogen-bond acceptors (Lipinski definition) is 2. The van der Waals surface area contributed by atoms with E-state index in [0.29, 0.717) is 0 Å². The Hall–Kier alpha value is -5.02. The molecule has 0 aromatic heterocycles. The van der Waals surface area contributed by atoms with E-state index in [1.807, 2.05) is 23.5 Å². The molecule has 10 aromatic rings. The number of thioether (sulfide) groups is 2. The van der Waals surface area contributed by atoms with Crippen molar-refractivity contribution in [1.82, 2.24) is 0 Å². The Morgan fingerprint density at radius 1 is 0.240 bits per heavy atom. The normalized spacial score (nSPS) is 13.9. The molecular formula is C48H32S2. The lowest BCUT2D eigenvalue weighted by Crippen LogP contribution is -1.89. The van der Waals surface area contributed by atoms with Crippen LogP contribution in [0.4, 0.5) is 0 Å². The lowest BCUT2D eigenvalue weighted by Gasteiger charge is -2.14. The number of fused-ring (bicyclic) bond motifs is 4. The highest BCUT2D eigenvalue weighted by molar-refractivity contribution is 7.98. The molecule has 0 saturated heterocycles. The van der Waals surface area contributed by atoms with Crippen LogP contribution in [-0.2, 0) is 23.0 Å². The van der Waals surface area contributed by atoms with Crippen LogP contribution in [0.15, 0.2) is 146 Å². The van der Waals surface area contributed by atoms with E-state index >= 15 is 0 Å². The number of benzene rings is 10. The van der Waals surface area contributed by atoms with E-state index in [0.717, 1.165) is 23.0 Å². The van der Waals surface area contributed by atoms with E-state index in [1.165, 1.54) is 108 Å². The molecule has 2 heteroatoms. The molecule has 0 amide bonds. The molecule has 0 radical (unpaired) electrons. The lowest BCUT2D eigenvalue weighted by atomic mass is 9.91. The van der Waals surface area contributed by atoms with Crippen LogP contribution < -0.4 is 0 Å². The van der Waals surface area contributed by atoms with Crippen molar-refractivity contribution >= 4 is 110 Å². The summed E-state index contributed by atoms with van der Waals surface area (Å²) in [6.07, 6.45) is 0. The highest BCUT2D eigenvalue weighted by atomic mass is 32.2. The van der Waals surface area contributed by atoms with Crippen LogP contribution in [0.25, 0.3) is 86.2 Å². The van der Waals surface area contributed by atoms with Gasteiger partial charge in [0.2, 0.25) is 0 Å². The summed E-state index contributed by atoms with van der Waals surface area (Å²) in [4.78, 5) is 0. The molecule has 0 aliphatic carbocycles. The third kappa shape index (κ3) is 4.55. The minimum absolute atomic E-state index is 0.979. The van der Waals surface area contributed by atoms with E-state index in [2.05, 4.69) is 146 Å². The molecule has 0 unspecified atom stereocenters. The molecule has 0 N–H and O–H groups in total. The summed E-state index contributed by atoms with van der Waals surface area (Å²) in [5, 5.41) is 21.3. The van der Waals surface area contributed by atoms with Crippen LogP contribution >= 0.6 is 23.5 Å². The number of rotatable bonds is 0. The van der Waals surface area contributed by atoms with E-state index < -0.39 is 0 Å². The van der Waals surface area contributed by atoms with Gasteiger partial charge in [0.15, 0.2) is 0 Å². The minimum atomic E-state index is 0.979. The maximum Gasteiger partial charge on any atom is 0.0188 e. The molecular weight excluding hydrogens is 641 g/mol. The Labute approximate surface area is 299 Å². The van der Waals surface area contributed by atoms with Crippen molar-refractivity contribution in [3.8, 4) is 0 Å². The molecule has 50 heavy (non-hydrogen) atoms. The standard InChI is InChI=1S/C48H32S2/c1-5-33-13-17-40-39-18-14-34-6-2-30(22-44(34)40)26-50-28-32-4-8-36-10-12-38-16-19-41-42(48(38)46(36)24-32)20-15-37-11-9-35-7-3-31(23-45(35)47(37)41)27-49-25-29(1)21-43(33)39/h1-24H,25-28H2. The summed E-state index contributed by atoms with van der Waals surface area (Å²) in [7, 11) is 0. The zero-order valence-corrected chi connectivity index (χ0v) is 29.1. The molecule has 1 aliphatic rings. The smallest absolute Gasteiger partial charge is 0.0188 e. The van der Waals surface area contributed by atoms with Crippen LogP contribution in [0.1, 0.15) is 22.3 Å². The summed E-state index contributed by atoms with van der Waals surface area (Å²) in [6, 6.07) is 56.2. The van der Waals surface area contributed by atoms with Gasteiger partial charge in [0.05, 0.1) is 0 Å². The minimum Gasteiger partial charge on any atom is -0.152 e. The molecule has 1 aliphatic heterocycles. The SMILES string of the molecule is c1cc2ccc3c4cc5ccc4ccc3c2cc1CSCc1ccc2ccc3ccc4c(ccc6ccc7ccc(cc7c64)CSC5)c3c2c1. The Balaban J connectivity index is 1.13. The first-order valence-corrected chi connectivity index (χ1v) is 19.8. The summed E-state index contributed by atoms with van der Waals surface area (Å²) in [5.74, 6) is 3.93. The van der Waals surface area contributed by atoms with Gasteiger partial charge in [-0.05, 0) is 133 Å². The molecule has 14 bridgehead atoms. The topological polar surface area (TPSA) is 0 Å². The van der Waals surface area contributed by atoms with E-state index in [1.54, 1.807) is 0 Å². The largest absolute Gasteiger partial charge is 0.152 e. The van der Waals surface area contributed by atoms with Crippen LogP contribution in [0.5, 0.6) is 0 Å². The van der Waals surface area contributed by atoms with Gasteiger partial charge < -0.3 is 0 Å². The summed E-state index contributed by atoms with van der Waals surface area (Å²) in [6.45, 7) is 0. The first kappa shape index (κ1) is 28.8. The second-order valence-corrected chi connectivity index (χ2v) is 16.0. The third-order valence-corrected chi connectivity index (χ3v) is 13.1. The fourth-order valence-electron chi connectivity index (χ4n) is 8.50. The maximum absolute atomic E-state index is 2.46. The maximum atomic E-state index is 2.46. The predicted octanol–water partition coefficient (Wildman–Crippen LogP) is 14.1. The van der Waals surface area contributed by atoms with Gasteiger partial charge in [0, 0.05) is 23.0 Å². The van der Waals surface area contributed by atoms with Gasteiger partial charge in [0.1, 0.15) is 0 Å². The van der Waals surface area contributed by atoms with E-state index in [-0.39, 0.29) is 0 Å². The Kier molecular flexibility index (Phi) is 6.48. The Morgan fingerprint density at radius 3 is 0.940 bits per heavy atom. The molecule has 11 rings (SSSR count). The molecule has 10 aromatic carbocycles. The van der Waals surface area contributed by atoms with Gasteiger partial charge in [-0.1, -0.05) is 121 Å². The van der Waals surface area contributed by atoms with Crippen molar-refractivity contribution in [2.45, 2.75) is 23.0 Å². The zero-order valence-electron chi connectivity index (χ0n) is 27.5. The average molecular weight is 673 g/mol. The second kappa shape index (κ2) is 11.3. The van der Waals surface area contributed by atoms with E-state index in [4.69, 9.17) is 0 Å². The molecule has 0 spiro atoms. The van der Waals surface area contributed by atoms with Gasteiger partial charge >= 0.3 is 0 Å². The first-order chi connectivity index (χ1) is 24.7. The van der Waals surface area contributed by atoms with Crippen molar-refractivity contribution in [3.05, 3.63) is 168 Å². The predicted molar refractivity (Wildman–Crippen MR) is 223 cm³/mol. The van der Waals surface area contributed by atoms with Crippen molar-refractivity contribution in [2.75, 3.05) is 0 Å². The van der Waals surface area contributed by atoms with Gasteiger partial charge in [-0.15, -0.1) is 0 Å². The fourth-order valence-corrected chi connectivity index (χ4v) is 10.4. The Bertz CT molecular complexity index is 2840. The zero-order chi connectivity index (χ0) is 32.8. The lowest BCUT2D eigenvalue weighted by molar-refractivity contribution is 1.38. The highest BCUT2D eigenvalue weighted by Gasteiger charge is 2.13. The van der Waals surface area contributed by atoms with Crippen LogP contribution in [0.2, 0.25) is 0 Å². The molecule has 1 heterocycles. The monoisotopic (exact) mass is 672 g/mol. The van der Waals surface area contributed by atoms with Crippen molar-refractivity contribution < 1.29 is 0 Å². The summed E-state index contributed by atoms with van der Waals surface area (Å²) < 4.78 is 0. The van der Waals surface area contributed by atoms with Gasteiger partial charge in [-0.2, -0.15) is 23.5 Å². The van der Waals surface area contributed by atoms with E-state index in [9.17, 15) is 0 Å². The fraction of sp³-hybridized carbons (Fsp3) is 0.0833. The third-order valence-electron chi connectivity index (χ3n) is 11.0. The van der Waals surface area contributed by atoms with Crippen molar-refractivity contribution in [2.24, 2.45) is 0 Å². The second-order valence-electron chi connectivity index (χ2n) is 14.0. The Morgan fingerprint density at radius 2 is 0.520 bits per heavy atom. The average Bonchev–Trinajstić information content (AvgIpc) is 3.16. The molecule has 0 fully saturated rings. The van der Waals surface area contributed by atoms with Crippen molar-refractivity contribution in [3.63, 3.8) is 0 Å². The van der Waals surface area contributed by atoms with Gasteiger partial charge in [0.25, 0.3) is 0 Å². The highest BCUT2D eigenvalue weighted by Crippen LogP contribution is 2.40. The number of hydrogen-bond donors (Lipinski definition) is 0. The molecule has 0 saturated carbocycles. The van der Waals surface area contributed by atoms with Crippen LogP contribution in [-0.4, -0.2) is 0 Å². The van der Waals surface area contributed by atoms with Gasteiger partial charge in [-0.25, -0.2) is 0 Å². The van der Waals surface area contributed by atoms with Crippen LogP contribution in [0.3, 0.4) is 0 Å². The van der Waals surface area contributed by atoms with Crippen LogP contribution in [0, 0.1) is 0 Å². The molecule has 0 nitrogen and oxygen atoms in total. The quantitative estimate of drug-likeness (QED) is 0.147. The molecule has 0 atom stereocenters. The summed E-state index contributed by atoms with van der Waals surface area (Å²) in [5.41, 5.74) is 5.52. The first-order valence-electron chi connectivity index (χ1n) is 17.5. The summed E-state index contributed by atoms with van der Waals surface area (Å²) >= 11 is 4.01. The van der Waals surface area contributed by atoms with Gasteiger partial charge in [-0.3, -0.25) is 0 Å².